The fourth-order valence-corrected chi connectivity index (χ4v) is 2.74. The van der Waals surface area contributed by atoms with Gasteiger partial charge in [0, 0.05) is 30.6 Å². The van der Waals surface area contributed by atoms with Crippen molar-refractivity contribution in [3.63, 3.8) is 0 Å². The highest BCUT2D eigenvalue weighted by atomic mass is 19.4. The molecule has 0 unspecified atom stereocenters. The highest BCUT2D eigenvalue weighted by Crippen LogP contribution is 2.34. The van der Waals surface area contributed by atoms with Crippen LogP contribution < -0.4 is 0 Å². The number of aryl methyl sites for hydroxylation is 3. The van der Waals surface area contributed by atoms with Gasteiger partial charge >= 0.3 is 6.18 Å². The average molecular weight is 356 g/mol. The van der Waals surface area contributed by atoms with E-state index >= 15 is 0 Å². The molecule has 0 spiro atoms. The van der Waals surface area contributed by atoms with Crippen LogP contribution in [0.4, 0.5) is 13.2 Å². The first-order chi connectivity index (χ1) is 11.2. The summed E-state index contributed by atoms with van der Waals surface area (Å²) >= 11 is 0. The van der Waals surface area contributed by atoms with E-state index in [1.54, 1.807) is 0 Å². The van der Waals surface area contributed by atoms with Crippen LogP contribution in [0.15, 0.2) is 12.1 Å². The van der Waals surface area contributed by atoms with Gasteiger partial charge in [0.25, 0.3) is 0 Å². The van der Waals surface area contributed by atoms with Crippen molar-refractivity contribution < 1.29 is 13.2 Å². The third-order valence-electron chi connectivity index (χ3n) is 4.61. The van der Waals surface area contributed by atoms with Crippen molar-refractivity contribution in [2.45, 2.75) is 64.5 Å². The molecule has 0 aromatic carbocycles. The van der Waals surface area contributed by atoms with Gasteiger partial charge in [-0.1, -0.05) is 34.6 Å². The summed E-state index contributed by atoms with van der Waals surface area (Å²) in [7, 11) is 3.24. The Morgan fingerprint density at radius 3 is 1.88 bits per heavy atom. The normalized spacial score (nSPS) is 13.5. The second kappa shape index (κ2) is 6.18. The fraction of sp³-hybridized carbons (Fsp3) is 0.667. The summed E-state index contributed by atoms with van der Waals surface area (Å²) < 4.78 is 41.8. The minimum absolute atomic E-state index is 0.0336. The van der Waals surface area contributed by atoms with Crippen LogP contribution in [0, 0.1) is 0 Å². The maximum atomic E-state index is 13.0. The van der Waals surface area contributed by atoms with Crippen LogP contribution in [-0.4, -0.2) is 19.6 Å². The Morgan fingerprint density at radius 2 is 1.44 bits per heavy atom. The number of rotatable bonds is 4. The van der Waals surface area contributed by atoms with Crippen molar-refractivity contribution in [1.82, 2.24) is 19.6 Å². The average Bonchev–Trinajstić information content (AvgIpc) is 2.99. The molecule has 0 saturated heterocycles. The van der Waals surface area contributed by atoms with Crippen molar-refractivity contribution >= 4 is 0 Å². The van der Waals surface area contributed by atoms with Crippen LogP contribution >= 0.6 is 0 Å². The SMILES string of the molecule is Cn1nc(C(C)(C)C)cc1CCC(C)(C)c1cc(C(F)(F)F)n(C)n1. The maximum absolute atomic E-state index is 13.0. The Labute approximate surface area is 147 Å². The van der Waals surface area contributed by atoms with E-state index in [1.165, 1.54) is 7.05 Å². The first-order valence-corrected chi connectivity index (χ1v) is 8.37. The molecule has 140 valence electrons. The van der Waals surface area contributed by atoms with Crippen molar-refractivity contribution in [3.05, 3.63) is 34.9 Å². The molecule has 0 aliphatic carbocycles. The first-order valence-electron chi connectivity index (χ1n) is 8.37. The van der Waals surface area contributed by atoms with Crippen molar-refractivity contribution in [3.8, 4) is 0 Å². The van der Waals surface area contributed by atoms with Crippen LogP contribution in [0.5, 0.6) is 0 Å². The minimum Gasteiger partial charge on any atom is -0.272 e. The molecule has 7 heteroatoms. The molecule has 0 amide bonds. The summed E-state index contributed by atoms with van der Waals surface area (Å²) in [5.74, 6) is 0. The summed E-state index contributed by atoms with van der Waals surface area (Å²) in [6.45, 7) is 10.2. The second-order valence-electron chi connectivity index (χ2n) is 8.31. The van der Waals surface area contributed by atoms with E-state index in [0.29, 0.717) is 12.1 Å². The zero-order valence-corrected chi connectivity index (χ0v) is 16.0. The summed E-state index contributed by atoms with van der Waals surface area (Å²) in [6.07, 6.45) is -2.98. The van der Waals surface area contributed by atoms with E-state index in [4.69, 9.17) is 0 Å². The molecule has 0 N–H and O–H groups in total. The van der Waals surface area contributed by atoms with Crippen molar-refractivity contribution in [2.24, 2.45) is 14.1 Å². The van der Waals surface area contributed by atoms with E-state index in [1.807, 2.05) is 25.6 Å². The van der Waals surface area contributed by atoms with Gasteiger partial charge in [0.05, 0.1) is 11.4 Å². The molecule has 0 aliphatic rings. The molecule has 25 heavy (non-hydrogen) atoms. The summed E-state index contributed by atoms with van der Waals surface area (Å²) in [5, 5.41) is 8.66. The number of aromatic nitrogens is 4. The monoisotopic (exact) mass is 356 g/mol. The number of hydrogen-bond acceptors (Lipinski definition) is 2. The molecule has 0 atom stereocenters. The summed E-state index contributed by atoms with van der Waals surface area (Å²) in [6, 6.07) is 3.24. The Hall–Kier alpha value is -1.79. The molecule has 2 aromatic heterocycles. The topological polar surface area (TPSA) is 35.6 Å². The number of alkyl halides is 3. The van der Waals surface area contributed by atoms with Gasteiger partial charge in [-0.05, 0) is 25.0 Å². The van der Waals surface area contributed by atoms with E-state index < -0.39 is 17.3 Å². The quantitative estimate of drug-likeness (QED) is 0.815. The predicted octanol–water partition coefficient (Wildman–Crippen LogP) is 4.38. The Morgan fingerprint density at radius 1 is 0.880 bits per heavy atom. The first kappa shape index (κ1) is 19.5. The zero-order valence-electron chi connectivity index (χ0n) is 16.0. The maximum Gasteiger partial charge on any atom is 0.433 e. The van der Waals surface area contributed by atoms with Gasteiger partial charge in [-0.15, -0.1) is 0 Å². The van der Waals surface area contributed by atoms with Gasteiger partial charge in [-0.3, -0.25) is 9.36 Å². The van der Waals surface area contributed by atoms with E-state index in [-0.39, 0.29) is 5.41 Å². The van der Waals surface area contributed by atoms with Gasteiger partial charge in [-0.25, -0.2) is 0 Å². The molecule has 4 nitrogen and oxygen atoms in total. The van der Waals surface area contributed by atoms with E-state index in [9.17, 15) is 13.2 Å². The molecular weight excluding hydrogens is 329 g/mol. The van der Waals surface area contributed by atoms with Crippen LogP contribution in [0.25, 0.3) is 0 Å². The number of nitrogens with zero attached hydrogens (tertiary/aromatic N) is 4. The third-order valence-corrected chi connectivity index (χ3v) is 4.61. The Bertz CT molecular complexity index is 745. The number of halogens is 3. The molecule has 0 fully saturated rings. The van der Waals surface area contributed by atoms with Crippen LogP contribution in [-0.2, 0) is 37.5 Å². The molecule has 2 aromatic rings. The zero-order chi connectivity index (χ0) is 19.2. The van der Waals surface area contributed by atoms with Crippen LogP contribution in [0.3, 0.4) is 0 Å². The summed E-state index contributed by atoms with van der Waals surface area (Å²) in [4.78, 5) is 0. The van der Waals surface area contributed by atoms with Crippen molar-refractivity contribution in [1.29, 1.82) is 0 Å². The highest BCUT2D eigenvalue weighted by molar-refractivity contribution is 5.22. The minimum atomic E-state index is -4.39. The standard InChI is InChI=1S/C18H27F3N4/c1-16(2,3)13-10-12(24(6)22-13)8-9-17(4,5)14-11-15(18(19,20)21)25(7)23-14/h10-11H,8-9H2,1-7H3. The molecule has 0 saturated carbocycles. The lowest BCUT2D eigenvalue weighted by Gasteiger charge is -2.22. The van der Waals surface area contributed by atoms with Gasteiger partial charge < -0.3 is 0 Å². The van der Waals surface area contributed by atoms with Gasteiger partial charge in [0.1, 0.15) is 5.69 Å². The molecule has 2 heterocycles. The van der Waals surface area contributed by atoms with Crippen LogP contribution in [0.1, 0.15) is 63.8 Å². The smallest absolute Gasteiger partial charge is 0.272 e. The largest absolute Gasteiger partial charge is 0.433 e. The fourth-order valence-electron chi connectivity index (χ4n) is 2.74. The van der Waals surface area contributed by atoms with Crippen LogP contribution in [0.2, 0.25) is 0 Å². The van der Waals surface area contributed by atoms with Crippen molar-refractivity contribution in [2.75, 3.05) is 0 Å². The Balaban J connectivity index is 2.19. The molecule has 0 radical (unpaired) electrons. The predicted molar refractivity (Wildman–Crippen MR) is 91.5 cm³/mol. The highest BCUT2D eigenvalue weighted by Gasteiger charge is 2.37. The molecule has 2 rings (SSSR count). The second-order valence-corrected chi connectivity index (χ2v) is 8.31. The molecule has 0 bridgehead atoms. The van der Waals surface area contributed by atoms with E-state index in [2.05, 4.69) is 37.0 Å². The molecule has 0 aliphatic heterocycles. The number of hydrogen-bond donors (Lipinski definition) is 0. The van der Waals surface area contributed by atoms with Gasteiger partial charge in [0.15, 0.2) is 0 Å². The van der Waals surface area contributed by atoms with E-state index in [0.717, 1.165) is 28.6 Å². The third kappa shape index (κ3) is 4.25. The lowest BCUT2D eigenvalue weighted by Crippen LogP contribution is -2.20. The molecular formula is C18H27F3N4. The van der Waals surface area contributed by atoms with Gasteiger partial charge in [-0.2, -0.15) is 23.4 Å². The lowest BCUT2D eigenvalue weighted by atomic mass is 9.83. The Kier molecular flexibility index (Phi) is 4.83. The van der Waals surface area contributed by atoms with Gasteiger partial charge in [0.2, 0.25) is 0 Å². The lowest BCUT2D eigenvalue weighted by molar-refractivity contribution is -0.143. The summed E-state index contributed by atoms with van der Waals surface area (Å²) in [5.41, 5.74) is 1.33.